The van der Waals surface area contributed by atoms with Gasteiger partial charge in [-0.25, -0.2) is 4.98 Å². The fraction of sp³-hybridized carbons (Fsp3) is 0.750. The average molecular weight is 412 g/mol. The van der Waals surface area contributed by atoms with E-state index in [4.69, 9.17) is 15.2 Å². The van der Waals surface area contributed by atoms with Crippen LogP contribution in [0.2, 0.25) is 0 Å². The van der Waals surface area contributed by atoms with E-state index in [0.717, 1.165) is 5.01 Å². The first-order chi connectivity index (χ1) is 10.9. The summed E-state index contributed by atoms with van der Waals surface area (Å²) in [6.07, 6.45) is 2.22. The van der Waals surface area contributed by atoms with E-state index >= 15 is 0 Å². The minimum absolute atomic E-state index is 0. The van der Waals surface area contributed by atoms with Crippen LogP contribution in [0.4, 0.5) is 0 Å². The second-order valence-electron chi connectivity index (χ2n) is 6.82. The fourth-order valence-electron chi connectivity index (χ4n) is 3.46. The number of hydrogen-bond acceptors (Lipinski definition) is 6. The van der Waals surface area contributed by atoms with Gasteiger partial charge in [-0.15, -0.1) is 36.2 Å². The van der Waals surface area contributed by atoms with Crippen LogP contribution < -0.4 is 5.73 Å². The first-order valence-corrected chi connectivity index (χ1v) is 8.99. The molecule has 25 heavy (non-hydrogen) atoms. The van der Waals surface area contributed by atoms with Crippen LogP contribution in [0.25, 0.3) is 0 Å². The van der Waals surface area contributed by atoms with Crippen LogP contribution in [0.1, 0.15) is 38.3 Å². The lowest BCUT2D eigenvalue weighted by atomic mass is 9.54. The zero-order valence-electron chi connectivity index (χ0n) is 14.8. The maximum absolute atomic E-state index is 13.1. The molecule has 1 aromatic rings. The lowest BCUT2D eigenvalue weighted by Crippen LogP contribution is -2.76. The molecule has 2 aliphatic rings. The van der Waals surface area contributed by atoms with Gasteiger partial charge in [-0.2, -0.15) is 0 Å². The second-order valence-corrected chi connectivity index (χ2v) is 7.75. The average Bonchev–Trinajstić information content (AvgIpc) is 3.08. The maximum Gasteiger partial charge on any atom is 0.243 e. The van der Waals surface area contributed by atoms with E-state index in [-0.39, 0.29) is 48.3 Å². The Morgan fingerprint density at radius 2 is 2.24 bits per heavy atom. The summed E-state index contributed by atoms with van der Waals surface area (Å²) in [6, 6.07) is 0. The lowest BCUT2D eigenvalue weighted by molar-refractivity contribution is -0.184. The third-order valence-corrected chi connectivity index (χ3v) is 6.16. The summed E-state index contributed by atoms with van der Waals surface area (Å²) < 4.78 is 11.5. The van der Waals surface area contributed by atoms with Gasteiger partial charge < -0.3 is 20.1 Å². The number of ether oxygens (including phenoxy) is 2. The van der Waals surface area contributed by atoms with Gasteiger partial charge in [-0.3, -0.25) is 4.79 Å². The number of nitrogens with zero attached hydrogens (tertiary/aromatic N) is 2. The van der Waals surface area contributed by atoms with E-state index < -0.39 is 5.54 Å². The van der Waals surface area contributed by atoms with Gasteiger partial charge in [-0.05, 0) is 6.92 Å². The number of amides is 1. The first-order valence-electron chi connectivity index (χ1n) is 8.11. The quantitative estimate of drug-likeness (QED) is 0.822. The van der Waals surface area contributed by atoms with Crippen molar-refractivity contribution in [2.24, 2.45) is 11.1 Å². The molecule has 3 rings (SSSR count). The summed E-state index contributed by atoms with van der Waals surface area (Å²) >= 11 is 1.55. The Hall–Kier alpha value is -0.440. The molecule has 2 heterocycles. The highest BCUT2D eigenvalue weighted by molar-refractivity contribution is 7.09. The van der Waals surface area contributed by atoms with Crippen molar-refractivity contribution in [3.8, 4) is 0 Å². The SMILES string of the molecule is CCOC1CC(N)(C(=O)N2CCOC(c3nccs3)C2)C1(C)C.Cl.Cl. The van der Waals surface area contributed by atoms with E-state index in [1.807, 2.05) is 31.1 Å². The van der Waals surface area contributed by atoms with Crippen molar-refractivity contribution in [3.05, 3.63) is 16.6 Å². The number of carbonyl (C=O) groups is 1. The molecule has 6 nitrogen and oxygen atoms in total. The Labute approximate surface area is 165 Å². The molecule has 0 radical (unpaired) electrons. The van der Waals surface area contributed by atoms with Crippen molar-refractivity contribution in [1.29, 1.82) is 0 Å². The van der Waals surface area contributed by atoms with E-state index in [0.29, 0.717) is 32.7 Å². The topological polar surface area (TPSA) is 77.7 Å². The maximum atomic E-state index is 13.1. The third kappa shape index (κ3) is 3.82. The smallest absolute Gasteiger partial charge is 0.243 e. The van der Waals surface area contributed by atoms with E-state index in [9.17, 15) is 4.79 Å². The molecule has 2 N–H and O–H groups in total. The van der Waals surface area contributed by atoms with Crippen molar-refractivity contribution < 1.29 is 14.3 Å². The summed E-state index contributed by atoms with van der Waals surface area (Å²) in [5.41, 5.74) is 5.29. The van der Waals surface area contributed by atoms with E-state index in [1.54, 1.807) is 17.5 Å². The Balaban J connectivity index is 0.00000156. The highest BCUT2D eigenvalue weighted by Gasteiger charge is 2.63. The Morgan fingerprint density at radius 3 is 2.80 bits per heavy atom. The summed E-state index contributed by atoms with van der Waals surface area (Å²) in [6.45, 7) is 8.26. The Bertz CT molecular complexity index is 573. The molecule has 3 unspecified atom stereocenters. The molecule has 0 bridgehead atoms. The van der Waals surface area contributed by atoms with Gasteiger partial charge in [0.2, 0.25) is 5.91 Å². The number of aromatic nitrogens is 1. The van der Waals surface area contributed by atoms with Crippen LogP contribution in [0.15, 0.2) is 11.6 Å². The molecule has 1 aliphatic heterocycles. The Kier molecular flexibility index (Phi) is 7.68. The van der Waals surface area contributed by atoms with Crippen LogP contribution in [0, 0.1) is 5.41 Å². The predicted octanol–water partition coefficient (Wildman–Crippen LogP) is 2.42. The largest absolute Gasteiger partial charge is 0.378 e. The molecular weight excluding hydrogens is 385 g/mol. The van der Waals surface area contributed by atoms with Crippen molar-refractivity contribution in [2.75, 3.05) is 26.3 Å². The highest BCUT2D eigenvalue weighted by Crippen LogP contribution is 2.50. The minimum Gasteiger partial charge on any atom is -0.378 e. The number of thiazole rings is 1. The van der Waals surface area contributed by atoms with Crippen molar-refractivity contribution in [2.45, 2.75) is 44.9 Å². The first kappa shape index (κ1) is 22.6. The van der Waals surface area contributed by atoms with Gasteiger partial charge in [0.25, 0.3) is 0 Å². The molecule has 2 fully saturated rings. The summed E-state index contributed by atoms with van der Waals surface area (Å²) in [7, 11) is 0. The van der Waals surface area contributed by atoms with Crippen molar-refractivity contribution in [1.82, 2.24) is 9.88 Å². The zero-order chi connectivity index (χ0) is 16.7. The highest BCUT2D eigenvalue weighted by atomic mass is 35.5. The Morgan fingerprint density at radius 1 is 1.52 bits per heavy atom. The summed E-state index contributed by atoms with van der Waals surface area (Å²) in [5.74, 6) is 0.00306. The monoisotopic (exact) mass is 411 g/mol. The zero-order valence-corrected chi connectivity index (χ0v) is 17.2. The van der Waals surface area contributed by atoms with Crippen LogP contribution >= 0.6 is 36.2 Å². The van der Waals surface area contributed by atoms with Gasteiger partial charge >= 0.3 is 0 Å². The van der Waals surface area contributed by atoms with Crippen molar-refractivity contribution >= 4 is 42.1 Å². The van der Waals surface area contributed by atoms with Crippen LogP contribution in [0.3, 0.4) is 0 Å². The van der Waals surface area contributed by atoms with Gasteiger partial charge in [0.15, 0.2) is 0 Å². The van der Waals surface area contributed by atoms with Gasteiger partial charge in [-0.1, -0.05) is 13.8 Å². The number of morpholine rings is 1. The second kappa shape index (κ2) is 8.50. The molecule has 1 amide bonds. The van der Waals surface area contributed by atoms with Gasteiger partial charge in [0.1, 0.15) is 16.7 Å². The third-order valence-electron chi connectivity index (χ3n) is 5.29. The summed E-state index contributed by atoms with van der Waals surface area (Å²) in [4.78, 5) is 19.2. The molecule has 9 heteroatoms. The molecule has 1 aromatic heterocycles. The number of carbonyl (C=O) groups excluding carboxylic acids is 1. The standard InChI is InChI=1S/C16H25N3O3S.2ClH/c1-4-21-12-9-16(17,15(12,2)3)14(20)19-6-7-22-11(10-19)13-18-5-8-23-13;;/h5,8,11-12H,4,6-7,9-10,17H2,1-3H3;2*1H. The van der Waals surface area contributed by atoms with Gasteiger partial charge in [0.05, 0.1) is 19.3 Å². The lowest BCUT2D eigenvalue weighted by Gasteiger charge is -2.59. The number of hydrogen-bond donors (Lipinski definition) is 1. The summed E-state index contributed by atoms with van der Waals surface area (Å²) in [5, 5.41) is 2.83. The molecule has 1 saturated carbocycles. The van der Waals surface area contributed by atoms with E-state index in [1.165, 1.54) is 0 Å². The molecule has 0 aromatic carbocycles. The fourth-order valence-corrected chi connectivity index (χ4v) is 4.13. The molecule has 0 spiro atoms. The van der Waals surface area contributed by atoms with Gasteiger partial charge in [0, 0.05) is 36.6 Å². The number of nitrogens with two attached hydrogens (primary N) is 1. The van der Waals surface area contributed by atoms with Crippen LogP contribution in [0.5, 0.6) is 0 Å². The van der Waals surface area contributed by atoms with Crippen LogP contribution in [-0.2, 0) is 14.3 Å². The molecule has 1 saturated heterocycles. The van der Waals surface area contributed by atoms with Crippen molar-refractivity contribution in [3.63, 3.8) is 0 Å². The predicted molar refractivity (Wildman–Crippen MR) is 103 cm³/mol. The van der Waals surface area contributed by atoms with E-state index in [2.05, 4.69) is 4.98 Å². The molecule has 3 atom stereocenters. The molecule has 1 aliphatic carbocycles. The van der Waals surface area contributed by atoms with Crippen LogP contribution in [-0.4, -0.2) is 53.7 Å². The number of rotatable bonds is 4. The minimum atomic E-state index is -0.863. The normalized spacial score (nSPS) is 30.6. The molecule has 144 valence electrons. The number of halogens is 2. The molecular formula is C16H27Cl2N3O3S.